The topological polar surface area (TPSA) is 12.0 Å². The third kappa shape index (κ3) is 6.29. The second kappa shape index (κ2) is 11.2. The maximum atomic E-state index is 3.64. The first kappa shape index (κ1) is 19.2. The fraction of sp³-hybridized carbons (Fsp3) is 0.217. The molecule has 1 N–H and O–H groups in total. The van der Waals surface area contributed by atoms with Crippen LogP contribution in [0.5, 0.6) is 0 Å². The van der Waals surface area contributed by atoms with Gasteiger partial charge in [0.25, 0.3) is 0 Å². The molecule has 0 unspecified atom stereocenters. The molecule has 26 heavy (non-hydrogen) atoms. The lowest BCUT2D eigenvalue weighted by Gasteiger charge is -2.19. The van der Waals surface area contributed by atoms with E-state index >= 15 is 0 Å². The first-order valence-electron chi connectivity index (χ1n) is 9.13. The molecule has 0 saturated carbocycles. The summed E-state index contributed by atoms with van der Waals surface area (Å²) in [7, 11) is -0.281. The van der Waals surface area contributed by atoms with Gasteiger partial charge in [-0.3, -0.25) is 0 Å². The van der Waals surface area contributed by atoms with Crippen molar-refractivity contribution in [3.8, 4) is 0 Å². The molecule has 0 saturated heterocycles. The molecule has 3 rings (SSSR count). The molecule has 134 valence electrons. The van der Waals surface area contributed by atoms with Crippen LogP contribution in [-0.2, 0) is 5.75 Å². The van der Waals surface area contributed by atoms with Crippen LogP contribution in [0.25, 0.3) is 0 Å². The molecule has 0 atom stereocenters. The van der Waals surface area contributed by atoms with E-state index in [-0.39, 0.29) is 7.92 Å². The van der Waals surface area contributed by atoms with Crippen LogP contribution in [0.1, 0.15) is 5.56 Å². The third-order valence-electron chi connectivity index (χ3n) is 4.18. The minimum atomic E-state index is -0.281. The Morgan fingerprint density at radius 1 is 0.654 bits per heavy atom. The fourth-order valence-electron chi connectivity index (χ4n) is 2.85. The summed E-state index contributed by atoms with van der Waals surface area (Å²) < 4.78 is 0. The van der Waals surface area contributed by atoms with E-state index in [2.05, 4.69) is 96.3 Å². The summed E-state index contributed by atoms with van der Waals surface area (Å²) in [5, 5.41) is 6.57. The van der Waals surface area contributed by atoms with E-state index in [4.69, 9.17) is 0 Å². The normalized spacial score (nSPS) is 11.0. The van der Waals surface area contributed by atoms with Gasteiger partial charge in [0.05, 0.1) is 0 Å². The van der Waals surface area contributed by atoms with E-state index in [0.717, 1.165) is 24.6 Å². The summed E-state index contributed by atoms with van der Waals surface area (Å²) in [6, 6.07) is 32.6. The Balaban J connectivity index is 1.42. The molecular weight excluding hydrogens is 353 g/mol. The van der Waals surface area contributed by atoms with Gasteiger partial charge in [-0.25, -0.2) is 0 Å². The van der Waals surface area contributed by atoms with Crippen LogP contribution >= 0.6 is 19.7 Å². The second-order valence-corrected chi connectivity index (χ2v) is 9.55. The third-order valence-corrected chi connectivity index (χ3v) is 7.73. The Bertz CT molecular complexity index is 694. The molecular formula is C23H26NPS. The summed E-state index contributed by atoms with van der Waals surface area (Å²) in [6.07, 6.45) is 1.19. The van der Waals surface area contributed by atoms with Gasteiger partial charge in [-0.05, 0) is 36.8 Å². The van der Waals surface area contributed by atoms with Gasteiger partial charge in [0.1, 0.15) is 0 Å². The molecule has 0 bridgehead atoms. The molecule has 0 aliphatic carbocycles. The SMILES string of the molecule is c1ccc(CSCCNCCP(c2ccccc2)c2ccccc2)cc1. The first-order valence-corrected chi connectivity index (χ1v) is 11.8. The minimum Gasteiger partial charge on any atom is -0.316 e. The highest BCUT2D eigenvalue weighted by Crippen LogP contribution is 2.32. The van der Waals surface area contributed by atoms with Gasteiger partial charge in [0.15, 0.2) is 0 Å². The smallest absolute Gasteiger partial charge is 0.0185 e. The van der Waals surface area contributed by atoms with Crippen LogP contribution in [-0.4, -0.2) is 25.0 Å². The van der Waals surface area contributed by atoms with E-state index in [1.165, 1.54) is 22.3 Å². The number of nitrogens with one attached hydrogen (secondary N) is 1. The van der Waals surface area contributed by atoms with Crippen LogP contribution < -0.4 is 15.9 Å². The highest BCUT2D eigenvalue weighted by molar-refractivity contribution is 7.98. The van der Waals surface area contributed by atoms with E-state index in [0.29, 0.717) is 0 Å². The van der Waals surface area contributed by atoms with Gasteiger partial charge >= 0.3 is 0 Å². The van der Waals surface area contributed by atoms with Gasteiger partial charge < -0.3 is 5.32 Å². The van der Waals surface area contributed by atoms with Crippen molar-refractivity contribution in [1.82, 2.24) is 5.32 Å². The second-order valence-electron chi connectivity index (χ2n) is 6.11. The number of thioether (sulfide) groups is 1. The van der Waals surface area contributed by atoms with Crippen molar-refractivity contribution in [1.29, 1.82) is 0 Å². The van der Waals surface area contributed by atoms with Crippen LogP contribution in [0.4, 0.5) is 0 Å². The van der Waals surface area contributed by atoms with Gasteiger partial charge in [-0.15, -0.1) is 0 Å². The average molecular weight is 380 g/mol. The minimum absolute atomic E-state index is 0.281. The van der Waals surface area contributed by atoms with Crippen LogP contribution in [0.2, 0.25) is 0 Å². The quantitative estimate of drug-likeness (QED) is 0.407. The van der Waals surface area contributed by atoms with Gasteiger partial charge in [0.2, 0.25) is 0 Å². The monoisotopic (exact) mass is 379 g/mol. The number of hydrogen-bond acceptors (Lipinski definition) is 2. The van der Waals surface area contributed by atoms with Crippen molar-refractivity contribution >= 4 is 30.3 Å². The van der Waals surface area contributed by atoms with Crippen molar-refractivity contribution in [2.75, 3.05) is 25.0 Å². The first-order chi connectivity index (χ1) is 12.9. The standard InChI is InChI=1S/C23H26NPS/c1-4-10-21(11-5-1)20-26-19-17-24-16-18-25(22-12-6-2-7-13-22)23-14-8-3-9-15-23/h1-15,24H,16-20H2. The van der Waals surface area contributed by atoms with Crippen molar-refractivity contribution in [2.45, 2.75) is 5.75 Å². The Morgan fingerprint density at radius 2 is 1.19 bits per heavy atom. The van der Waals surface area contributed by atoms with E-state index in [1.807, 2.05) is 11.8 Å². The molecule has 0 fully saturated rings. The Kier molecular flexibility index (Phi) is 8.25. The zero-order valence-electron chi connectivity index (χ0n) is 15.1. The van der Waals surface area contributed by atoms with E-state index < -0.39 is 0 Å². The maximum Gasteiger partial charge on any atom is 0.0185 e. The Morgan fingerprint density at radius 3 is 1.77 bits per heavy atom. The van der Waals surface area contributed by atoms with E-state index in [1.54, 1.807) is 0 Å². The van der Waals surface area contributed by atoms with Crippen LogP contribution in [0.15, 0.2) is 91.0 Å². The number of hydrogen-bond donors (Lipinski definition) is 1. The van der Waals surface area contributed by atoms with Crippen LogP contribution in [0, 0.1) is 0 Å². The Hall–Kier alpha value is -1.60. The van der Waals surface area contributed by atoms with Crippen molar-refractivity contribution in [3.63, 3.8) is 0 Å². The lowest BCUT2D eigenvalue weighted by Crippen LogP contribution is -2.24. The van der Waals surface area contributed by atoms with Crippen molar-refractivity contribution in [2.24, 2.45) is 0 Å². The molecule has 0 heterocycles. The predicted octanol–water partition coefficient (Wildman–Crippen LogP) is 4.64. The zero-order valence-corrected chi connectivity index (χ0v) is 16.8. The zero-order chi connectivity index (χ0) is 17.9. The molecule has 3 aromatic carbocycles. The molecule has 0 aliphatic heterocycles. The summed E-state index contributed by atoms with van der Waals surface area (Å²) in [4.78, 5) is 0. The van der Waals surface area contributed by atoms with Gasteiger partial charge in [-0.2, -0.15) is 11.8 Å². The highest BCUT2D eigenvalue weighted by atomic mass is 32.2. The highest BCUT2D eigenvalue weighted by Gasteiger charge is 2.12. The van der Waals surface area contributed by atoms with Gasteiger partial charge in [-0.1, -0.05) is 91.0 Å². The summed E-state index contributed by atoms with van der Waals surface area (Å²) in [5.41, 5.74) is 1.41. The summed E-state index contributed by atoms with van der Waals surface area (Å²) in [5.74, 6) is 2.26. The summed E-state index contributed by atoms with van der Waals surface area (Å²) >= 11 is 2.00. The van der Waals surface area contributed by atoms with Gasteiger partial charge in [0, 0.05) is 18.1 Å². The molecule has 0 aliphatic rings. The molecule has 0 aromatic heterocycles. The maximum absolute atomic E-state index is 3.64. The van der Waals surface area contributed by atoms with Crippen molar-refractivity contribution < 1.29 is 0 Å². The molecule has 0 amide bonds. The molecule has 0 radical (unpaired) electrons. The molecule has 3 heteroatoms. The lowest BCUT2D eigenvalue weighted by atomic mass is 10.2. The number of benzene rings is 3. The van der Waals surface area contributed by atoms with E-state index in [9.17, 15) is 0 Å². The van der Waals surface area contributed by atoms with Crippen molar-refractivity contribution in [3.05, 3.63) is 96.6 Å². The Labute approximate surface area is 163 Å². The predicted molar refractivity (Wildman–Crippen MR) is 119 cm³/mol. The molecule has 0 spiro atoms. The fourth-order valence-corrected chi connectivity index (χ4v) is 5.97. The summed E-state index contributed by atoms with van der Waals surface area (Å²) in [6.45, 7) is 2.14. The molecule has 1 nitrogen and oxygen atoms in total. The molecule has 3 aromatic rings. The number of rotatable bonds is 10. The average Bonchev–Trinajstić information content (AvgIpc) is 2.72. The largest absolute Gasteiger partial charge is 0.316 e. The lowest BCUT2D eigenvalue weighted by molar-refractivity contribution is 0.773. The van der Waals surface area contributed by atoms with Crippen LogP contribution in [0.3, 0.4) is 0 Å².